The van der Waals surface area contributed by atoms with Crippen molar-refractivity contribution in [3.63, 3.8) is 0 Å². The van der Waals surface area contributed by atoms with Gasteiger partial charge in [0.15, 0.2) is 10.8 Å². The van der Waals surface area contributed by atoms with E-state index in [1.807, 2.05) is 5.38 Å². The zero-order chi connectivity index (χ0) is 13.1. The van der Waals surface area contributed by atoms with Crippen LogP contribution in [0.2, 0.25) is 0 Å². The molecule has 9 heteroatoms. The van der Waals surface area contributed by atoms with Crippen LogP contribution in [-0.2, 0) is 4.79 Å². The predicted octanol–water partition coefficient (Wildman–Crippen LogP) is 1.54. The Morgan fingerprint density at radius 1 is 1.42 bits per heavy atom. The number of thiazole rings is 1. The Labute approximate surface area is 115 Å². The van der Waals surface area contributed by atoms with Crippen molar-refractivity contribution in [3.05, 3.63) is 24.1 Å². The maximum atomic E-state index is 11.7. The topological polar surface area (TPSA) is 96.5 Å². The van der Waals surface area contributed by atoms with Crippen LogP contribution in [0.3, 0.4) is 0 Å². The lowest BCUT2D eigenvalue weighted by Crippen LogP contribution is -2.13. The first kappa shape index (κ1) is 12.1. The molecule has 0 unspecified atom stereocenters. The molecule has 3 heterocycles. The van der Waals surface area contributed by atoms with Crippen molar-refractivity contribution in [3.8, 4) is 0 Å². The number of hydrogen-bond donors (Lipinski definition) is 2. The van der Waals surface area contributed by atoms with Crippen LogP contribution in [0.15, 0.2) is 29.1 Å². The number of nitrogens with one attached hydrogen (secondary N) is 2. The van der Waals surface area contributed by atoms with Crippen LogP contribution < -0.4 is 5.32 Å². The molecule has 2 N–H and O–H groups in total. The first-order chi connectivity index (χ1) is 9.33. The number of carbonyl (C=O) groups is 1. The minimum atomic E-state index is -0.116. The van der Waals surface area contributed by atoms with Crippen molar-refractivity contribution in [2.45, 2.75) is 5.03 Å². The summed E-state index contributed by atoms with van der Waals surface area (Å²) in [7, 11) is 0. The standard InChI is InChI=1S/C10H8N6OS2/c17-7(15-10-11-1-2-18-10)4-19-9-6-3-14-16-8(6)12-5-13-9/h1-3,5H,4H2,(H,11,15,17)(H,12,13,14,16). The molecule has 3 aromatic heterocycles. The monoisotopic (exact) mass is 292 g/mol. The van der Waals surface area contributed by atoms with Gasteiger partial charge in [-0.1, -0.05) is 11.8 Å². The molecule has 0 saturated carbocycles. The summed E-state index contributed by atoms with van der Waals surface area (Å²) in [6.07, 6.45) is 4.74. The summed E-state index contributed by atoms with van der Waals surface area (Å²) in [5, 5.41) is 13.3. The molecule has 3 aromatic rings. The van der Waals surface area contributed by atoms with Gasteiger partial charge in [-0.3, -0.25) is 9.89 Å². The molecule has 0 aliphatic carbocycles. The van der Waals surface area contributed by atoms with Crippen LogP contribution in [-0.4, -0.2) is 36.8 Å². The molecule has 0 aromatic carbocycles. The molecule has 0 spiro atoms. The number of anilines is 1. The lowest BCUT2D eigenvalue weighted by Gasteiger charge is -2.01. The molecule has 0 bridgehead atoms. The molecule has 1 amide bonds. The summed E-state index contributed by atoms with van der Waals surface area (Å²) < 4.78 is 0. The lowest BCUT2D eigenvalue weighted by atomic mass is 10.4. The van der Waals surface area contributed by atoms with E-state index in [9.17, 15) is 4.79 Å². The summed E-state index contributed by atoms with van der Waals surface area (Å²) in [6.45, 7) is 0. The minimum Gasteiger partial charge on any atom is -0.301 e. The third kappa shape index (κ3) is 2.71. The molecule has 0 fully saturated rings. The van der Waals surface area contributed by atoms with E-state index < -0.39 is 0 Å². The van der Waals surface area contributed by atoms with Crippen molar-refractivity contribution in [2.24, 2.45) is 0 Å². The number of nitrogens with zero attached hydrogens (tertiary/aromatic N) is 4. The minimum absolute atomic E-state index is 0.116. The van der Waals surface area contributed by atoms with Crippen molar-refractivity contribution in [2.75, 3.05) is 11.1 Å². The first-order valence-corrected chi connectivity index (χ1v) is 7.15. The Morgan fingerprint density at radius 3 is 3.21 bits per heavy atom. The Kier molecular flexibility index (Phi) is 3.38. The number of hydrogen-bond acceptors (Lipinski definition) is 7. The molecule has 0 aliphatic heterocycles. The first-order valence-electron chi connectivity index (χ1n) is 5.29. The number of thioether (sulfide) groups is 1. The number of H-pyrrole nitrogens is 1. The Balaban J connectivity index is 1.66. The van der Waals surface area contributed by atoms with Gasteiger partial charge in [0.2, 0.25) is 5.91 Å². The van der Waals surface area contributed by atoms with Crippen LogP contribution in [0.5, 0.6) is 0 Å². The van der Waals surface area contributed by atoms with Gasteiger partial charge in [-0.05, 0) is 0 Å². The summed E-state index contributed by atoms with van der Waals surface area (Å²) >= 11 is 2.72. The summed E-state index contributed by atoms with van der Waals surface area (Å²) in [4.78, 5) is 23.9. The van der Waals surface area contributed by atoms with Gasteiger partial charge in [0, 0.05) is 11.6 Å². The number of fused-ring (bicyclic) bond motifs is 1. The maximum absolute atomic E-state index is 11.7. The van der Waals surface area contributed by atoms with Crippen molar-refractivity contribution < 1.29 is 4.79 Å². The second kappa shape index (κ2) is 5.33. The fourth-order valence-corrected chi connectivity index (χ4v) is 2.74. The zero-order valence-corrected chi connectivity index (χ0v) is 11.2. The van der Waals surface area contributed by atoms with Gasteiger partial charge in [-0.15, -0.1) is 11.3 Å². The van der Waals surface area contributed by atoms with E-state index in [0.29, 0.717) is 10.8 Å². The second-order valence-electron chi connectivity index (χ2n) is 3.49. The van der Waals surface area contributed by atoms with Crippen LogP contribution >= 0.6 is 23.1 Å². The molecule has 7 nitrogen and oxygen atoms in total. The fraction of sp³-hybridized carbons (Fsp3) is 0.100. The second-order valence-corrected chi connectivity index (χ2v) is 5.34. The Hall–Kier alpha value is -2.00. The van der Waals surface area contributed by atoms with E-state index in [1.54, 1.807) is 12.4 Å². The normalized spacial score (nSPS) is 10.7. The average Bonchev–Trinajstić information content (AvgIpc) is 3.06. The molecule has 96 valence electrons. The fourth-order valence-electron chi connectivity index (χ4n) is 1.43. The van der Waals surface area contributed by atoms with E-state index in [0.717, 1.165) is 10.4 Å². The number of aromatic nitrogens is 5. The molecule has 3 rings (SSSR count). The van der Waals surface area contributed by atoms with E-state index in [1.165, 1.54) is 29.4 Å². The Bertz CT molecular complexity index is 695. The molecule has 0 aliphatic rings. The third-order valence-corrected chi connectivity index (χ3v) is 3.92. The van der Waals surface area contributed by atoms with Gasteiger partial charge >= 0.3 is 0 Å². The van der Waals surface area contributed by atoms with E-state index in [-0.39, 0.29) is 11.7 Å². The molecule has 0 atom stereocenters. The van der Waals surface area contributed by atoms with Crippen molar-refractivity contribution in [1.82, 2.24) is 25.1 Å². The largest absolute Gasteiger partial charge is 0.301 e. The molecule has 0 radical (unpaired) electrons. The molecule has 0 saturated heterocycles. The molecular weight excluding hydrogens is 284 g/mol. The van der Waals surface area contributed by atoms with Crippen LogP contribution in [0, 0.1) is 0 Å². The lowest BCUT2D eigenvalue weighted by molar-refractivity contribution is -0.113. The maximum Gasteiger partial charge on any atom is 0.236 e. The predicted molar refractivity (Wildman–Crippen MR) is 73.2 cm³/mol. The smallest absolute Gasteiger partial charge is 0.236 e. The van der Waals surface area contributed by atoms with Crippen LogP contribution in [0.1, 0.15) is 0 Å². The zero-order valence-electron chi connectivity index (χ0n) is 9.53. The van der Waals surface area contributed by atoms with Crippen molar-refractivity contribution in [1.29, 1.82) is 0 Å². The summed E-state index contributed by atoms with van der Waals surface area (Å²) in [5.41, 5.74) is 0.665. The van der Waals surface area contributed by atoms with Crippen LogP contribution in [0.25, 0.3) is 11.0 Å². The number of amides is 1. The van der Waals surface area contributed by atoms with Gasteiger partial charge in [0.1, 0.15) is 11.4 Å². The highest BCUT2D eigenvalue weighted by atomic mass is 32.2. The highest BCUT2D eigenvalue weighted by Gasteiger charge is 2.09. The molecule has 19 heavy (non-hydrogen) atoms. The van der Waals surface area contributed by atoms with Crippen molar-refractivity contribution >= 4 is 45.2 Å². The highest BCUT2D eigenvalue weighted by Crippen LogP contribution is 2.23. The van der Waals surface area contributed by atoms with Gasteiger partial charge < -0.3 is 5.32 Å². The van der Waals surface area contributed by atoms with Gasteiger partial charge in [0.25, 0.3) is 0 Å². The van der Waals surface area contributed by atoms with E-state index in [2.05, 4.69) is 30.5 Å². The van der Waals surface area contributed by atoms with E-state index >= 15 is 0 Å². The number of aromatic amines is 1. The average molecular weight is 292 g/mol. The Morgan fingerprint density at radius 2 is 2.37 bits per heavy atom. The quantitative estimate of drug-likeness (QED) is 0.559. The van der Waals surface area contributed by atoms with Gasteiger partial charge in [-0.25, -0.2) is 15.0 Å². The number of rotatable bonds is 4. The molecular formula is C10H8N6OS2. The summed E-state index contributed by atoms with van der Waals surface area (Å²) in [6, 6.07) is 0. The van der Waals surface area contributed by atoms with Gasteiger partial charge in [0.05, 0.1) is 17.3 Å². The van der Waals surface area contributed by atoms with Gasteiger partial charge in [-0.2, -0.15) is 5.10 Å². The van der Waals surface area contributed by atoms with E-state index in [4.69, 9.17) is 0 Å². The third-order valence-electron chi connectivity index (χ3n) is 2.23. The SMILES string of the molecule is O=C(CSc1ncnc2[nH]ncc12)Nc1nccs1. The van der Waals surface area contributed by atoms with Crippen LogP contribution in [0.4, 0.5) is 5.13 Å². The summed E-state index contributed by atoms with van der Waals surface area (Å²) in [5.74, 6) is 0.145. The highest BCUT2D eigenvalue weighted by molar-refractivity contribution is 8.00. The number of carbonyl (C=O) groups excluding carboxylic acids is 1.